The largest absolute Gasteiger partial charge is 0.479 e. The molecule has 0 radical (unpaired) electrons. The molecule has 1 aliphatic heterocycles. The molecule has 0 aromatic carbocycles. The third kappa shape index (κ3) is 2.48. The normalized spacial score (nSPS) is 25.3. The van der Waals surface area contributed by atoms with E-state index in [-0.39, 0.29) is 5.91 Å². The zero-order chi connectivity index (χ0) is 13.4. The lowest BCUT2D eigenvalue weighted by molar-refractivity contribution is -0.150. The first-order valence-corrected chi connectivity index (χ1v) is 7.13. The van der Waals surface area contributed by atoms with Crippen LogP contribution in [0, 0.1) is 0 Å². The van der Waals surface area contributed by atoms with Crippen LogP contribution in [0.1, 0.15) is 29.8 Å². The molecule has 0 saturated carbocycles. The number of fused-ring (bicyclic) bond motifs is 1. The summed E-state index contributed by atoms with van der Waals surface area (Å²) in [5, 5.41) is 12.1. The molecule has 1 amide bonds. The summed E-state index contributed by atoms with van der Waals surface area (Å²) in [5.74, 6) is -1.31. The third-order valence-corrected chi connectivity index (χ3v) is 4.49. The van der Waals surface area contributed by atoms with Crippen LogP contribution < -0.4 is 5.32 Å². The van der Waals surface area contributed by atoms with Gasteiger partial charge in [0.05, 0.1) is 5.69 Å². The number of anilines is 1. The monoisotopic (exact) mass is 282 g/mol. The Hall–Kier alpha value is -1.47. The minimum atomic E-state index is -1.01. The summed E-state index contributed by atoms with van der Waals surface area (Å²) in [7, 11) is 0. The number of carboxylic acids is 1. The second kappa shape index (κ2) is 4.90. The van der Waals surface area contributed by atoms with E-state index in [0.717, 1.165) is 25.0 Å². The number of aliphatic carboxylic acids is 1. The van der Waals surface area contributed by atoms with E-state index in [4.69, 9.17) is 9.84 Å². The minimum absolute atomic E-state index is 0.295. The number of hydrogen-bond acceptors (Lipinski definition) is 5. The Morgan fingerprint density at radius 1 is 1.32 bits per heavy atom. The highest BCUT2D eigenvalue weighted by molar-refractivity contribution is 7.15. The molecule has 3 rings (SSSR count). The smallest absolute Gasteiger partial charge is 0.332 e. The van der Waals surface area contributed by atoms with Crippen LogP contribution in [-0.4, -0.2) is 34.2 Å². The van der Waals surface area contributed by atoms with Crippen LogP contribution in [0.2, 0.25) is 0 Å². The van der Waals surface area contributed by atoms with Gasteiger partial charge in [0.2, 0.25) is 0 Å². The lowest BCUT2D eigenvalue weighted by atomic mass is 10.2. The fraction of sp³-hybridized carbons (Fsp3) is 0.583. The molecule has 1 aromatic heterocycles. The predicted molar refractivity (Wildman–Crippen MR) is 68.3 cm³/mol. The third-order valence-electron chi connectivity index (χ3n) is 3.41. The van der Waals surface area contributed by atoms with E-state index >= 15 is 0 Å². The quantitative estimate of drug-likeness (QED) is 0.869. The second-order valence-corrected chi connectivity index (χ2v) is 5.84. The summed E-state index contributed by atoms with van der Waals surface area (Å²) < 4.78 is 5.20. The number of rotatable bonds is 3. The standard InChI is InChI=1S/C12H14N2O4S/c15-10(7-4-5-8(18-7)11(16)17)14-12-13-6-2-1-3-9(6)19-12/h7-8H,1-5H2,(H,16,17)(H,13,14,15). The highest BCUT2D eigenvalue weighted by Crippen LogP contribution is 2.31. The van der Waals surface area contributed by atoms with Crippen molar-refractivity contribution < 1.29 is 19.4 Å². The summed E-state index contributed by atoms with van der Waals surface area (Å²) in [6, 6.07) is 0. The van der Waals surface area contributed by atoms with Gasteiger partial charge in [0.15, 0.2) is 11.2 Å². The van der Waals surface area contributed by atoms with Gasteiger partial charge in [0, 0.05) is 4.88 Å². The molecular formula is C12H14N2O4S. The van der Waals surface area contributed by atoms with Crippen LogP contribution in [0.25, 0.3) is 0 Å². The summed E-state index contributed by atoms with van der Waals surface area (Å²) in [5.41, 5.74) is 1.08. The predicted octanol–water partition coefficient (Wildman–Crippen LogP) is 1.20. The molecule has 2 aliphatic rings. The number of nitrogens with zero attached hydrogens (tertiary/aromatic N) is 1. The number of ether oxygens (including phenoxy) is 1. The molecule has 2 N–H and O–H groups in total. The molecule has 102 valence electrons. The first-order valence-electron chi connectivity index (χ1n) is 6.31. The van der Waals surface area contributed by atoms with Crippen LogP contribution >= 0.6 is 11.3 Å². The maximum absolute atomic E-state index is 11.9. The van der Waals surface area contributed by atoms with Crippen molar-refractivity contribution >= 4 is 28.3 Å². The summed E-state index contributed by atoms with van der Waals surface area (Å²) >= 11 is 1.50. The van der Waals surface area contributed by atoms with Gasteiger partial charge in [-0.15, -0.1) is 11.3 Å². The number of carbonyl (C=O) groups excluding carboxylic acids is 1. The SMILES string of the molecule is O=C(O)C1CCC(C(=O)Nc2nc3c(s2)CCC3)O1. The van der Waals surface area contributed by atoms with Gasteiger partial charge >= 0.3 is 5.97 Å². The van der Waals surface area contributed by atoms with Gasteiger partial charge in [0.1, 0.15) is 6.10 Å². The average molecular weight is 282 g/mol. The van der Waals surface area contributed by atoms with Crippen LogP contribution in [0.5, 0.6) is 0 Å². The Kier molecular flexibility index (Phi) is 3.24. The van der Waals surface area contributed by atoms with E-state index in [1.807, 2.05) is 0 Å². The summed E-state index contributed by atoms with van der Waals surface area (Å²) in [4.78, 5) is 28.3. The highest BCUT2D eigenvalue weighted by Gasteiger charge is 2.35. The van der Waals surface area contributed by atoms with Gasteiger partial charge < -0.3 is 9.84 Å². The zero-order valence-electron chi connectivity index (χ0n) is 10.2. The Labute approximate surface area is 113 Å². The number of nitrogens with one attached hydrogen (secondary N) is 1. The first-order chi connectivity index (χ1) is 9.13. The summed E-state index contributed by atoms with van der Waals surface area (Å²) in [6.07, 6.45) is 2.41. The van der Waals surface area contributed by atoms with Crippen molar-refractivity contribution in [3.63, 3.8) is 0 Å². The number of aromatic nitrogens is 1. The van der Waals surface area contributed by atoms with Crippen LogP contribution in [0.15, 0.2) is 0 Å². The van der Waals surface area contributed by atoms with E-state index in [1.54, 1.807) is 0 Å². The van der Waals surface area contributed by atoms with Crippen molar-refractivity contribution in [2.45, 2.75) is 44.3 Å². The van der Waals surface area contributed by atoms with Gasteiger partial charge in [-0.05, 0) is 32.1 Å². The Bertz CT molecular complexity index is 506. The molecule has 19 heavy (non-hydrogen) atoms. The molecule has 1 fully saturated rings. The lowest BCUT2D eigenvalue weighted by Gasteiger charge is -2.10. The van der Waals surface area contributed by atoms with Crippen molar-refractivity contribution in [2.24, 2.45) is 0 Å². The highest BCUT2D eigenvalue weighted by atomic mass is 32.1. The zero-order valence-corrected chi connectivity index (χ0v) is 11.0. The fourth-order valence-corrected chi connectivity index (χ4v) is 3.49. The topological polar surface area (TPSA) is 88.5 Å². The second-order valence-electron chi connectivity index (χ2n) is 4.76. The molecule has 0 spiro atoms. The first kappa shape index (κ1) is 12.6. The van der Waals surface area contributed by atoms with Crippen molar-refractivity contribution in [1.82, 2.24) is 4.98 Å². The summed E-state index contributed by atoms with van der Waals surface area (Å²) in [6.45, 7) is 0. The molecule has 2 unspecified atom stereocenters. The van der Waals surface area contributed by atoms with E-state index in [9.17, 15) is 9.59 Å². The van der Waals surface area contributed by atoms with E-state index < -0.39 is 18.2 Å². The number of carboxylic acid groups (broad SMARTS) is 1. The number of aryl methyl sites for hydroxylation is 2. The molecule has 1 saturated heterocycles. The molecule has 2 heterocycles. The molecule has 6 nitrogen and oxygen atoms in total. The van der Waals surface area contributed by atoms with Crippen molar-refractivity contribution in [3.05, 3.63) is 10.6 Å². The number of carbonyl (C=O) groups is 2. The van der Waals surface area contributed by atoms with Gasteiger partial charge in [-0.25, -0.2) is 9.78 Å². The maximum Gasteiger partial charge on any atom is 0.332 e. The van der Waals surface area contributed by atoms with E-state index in [2.05, 4.69) is 10.3 Å². The van der Waals surface area contributed by atoms with Crippen LogP contribution in [-0.2, 0) is 27.2 Å². The Balaban J connectivity index is 1.60. The van der Waals surface area contributed by atoms with Crippen molar-refractivity contribution in [2.75, 3.05) is 5.32 Å². The van der Waals surface area contributed by atoms with Crippen molar-refractivity contribution in [1.29, 1.82) is 0 Å². The Morgan fingerprint density at radius 3 is 2.79 bits per heavy atom. The molecule has 1 aliphatic carbocycles. The van der Waals surface area contributed by atoms with Gasteiger partial charge in [-0.1, -0.05) is 0 Å². The number of hydrogen-bond donors (Lipinski definition) is 2. The lowest BCUT2D eigenvalue weighted by Crippen LogP contribution is -2.29. The molecule has 0 bridgehead atoms. The molecular weight excluding hydrogens is 268 g/mol. The maximum atomic E-state index is 11.9. The van der Waals surface area contributed by atoms with Gasteiger partial charge in [-0.3, -0.25) is 10.1 Å². The van der Waals surface area contributed by atoms with E-state index in [0.29, 0.717) is 18.0 Å². The minimum Gasteiger partial charge on any atom is -0.479 e. The van der Waals surface area contributed by atoms with E-state index in [1.165, 1.54) is 16.2 Å². The van der Waals surface area contributed by atoms with Crippen molar-refractivity contribution in [3.8, 4) is 0 Å². The molecule has 1 aromatic rings. The number of amides is 1. The van der Waals surface area contributed by atoms with Gasteiger partial charge in [0.25, 0.3) is 5.91 Å². The fourth-order valence-electron chi connectivity index (χ4n) is 2.44. The molecule has 2 atom stereocenters. The van der Waals surface area contributed by atoms with Crippen LogP contribution in [0.4, 0.5) is 5.13 Å². The number of thiazole rings is 1. The molecule has 7 heteroatoms. The van der Waals surface area contributed by atoms with Gasteiger partial charge in [-0.2, -0.15) is 0 Å². The average Bonchev–Trinajstić information content (AvgIpc) is 3.02. The Morgan fingerprint density at radius 2 is 2.11 bits per heavy atom. The van der Waals surface area contributed by atoms with Crippen LogP contribution in [0.3, 0.4) is 0 Å².